The number of sulfonamides is 1. The molecular formula is C13H14N2O4S2. The molecule has 0 bridgehead atoms. The Labute approximate surface area is 126 Å². The topological polar surface area (TPSA) is 87.6 Å². The van der Waals surface area contributed by atoms with Crippen LogP contribution in [0.3, 0.4) is 0 Å². The van der Waals surface area contributed by atoms with Crippen molar-refractivity contribution in [3.05, 3.63) is 45.9 Å². The lowest BCUT2D eigenvalue weighted by molar-refractivity contribution is 0.0702. The fraction of sp³-hybridized carbons (Fsp3) is 0.231. The first-order chi connectivity index (χ1) is 9.80. The Hall–Kier alpha value is -1.77. The van der Waals surface area contributed by atoms with Gasteiger partial charge in [0.1, 0.15) is 4.88 Å². The van der Waals surface area contributed by atoms with Crippen LogP contribution in [0.5, 0.6) is 0 Å². The smallest absolute Gasteiger partial charge is 0.345 e. The van der Waals surface area contributed by atoms with E-state index in [2.05, 4.69) is 4.98 Å². The van der Waals surface area contributed by atoms with Gasteiger partial charge >= 0.3 is 5.97 Å². The van der Waals surface area contributed by atoms with Crippen LogP contribution < -0.4 is 0 Å². The van der Waals surface area contributed by atoms with E-state index in [4.69, 9.17) is 5.11 Å². The number of carboxylic acid groups (broad SMARTS) is 1. The van der Waals surface area contributed by atoms with Crippen molar-refractivity contribution < 1.29 is 18.3 Å². The Morgan fingerprint density at radius 2 is 2.14 bits per heavy atom. The standard InChI is InChI=1S/C13H14N2O4S2/c1-9-4-3-5-10(14-9)7-15(2)21(18,19)11-6-12(13(16)17)20-8-11/h3-6,8H,7H2,1-2H3,(H,16,17). The number of pyridine rings is 1. The van der Waals surface area contributed by atoms with E-state index in [9.17, 15) is 13.2 Å². The third kappa shape index (κ3) is 3.46. The van der Waals surface area contributed by atoms with E-state index in [1.54, 1.807) is 6.07 Å². The Kier molecular flexibility index (Phi) is 4.40. The molecule has 0 aliphatic rings. The molecule has 2 heterocycles. The maximum absolute atomic E-state index is 12.4. The van der Waals surface area contributed by atoms with Gasteiger partial charge in [-0.3, -0.25) is 4.98 Å². The number of aryl methyl sites for hydroxylation is 1. The molecule has 0 aliphatic heterocycles. The van der Waals surface area contributed by atoms with Crippen LogP contribution in [0.15, 0.2) is 34.5 Å². The van der Waals surface area contributed by atoms with Crippen molar-refractivity contribution in [2.45, 2.75) is 18.4 Å². The van der Waals surface area contributed by atoms with Crippen LogP contribution in [0.25, 0.3) is 0 Å². The molecule has 1 N–H and O–H groups in total. The minimum atomic E-state index is -3.72. The van der Waals surface area contributed by atoms with Crippen LogP contribution in [-0.4, -0.2) is 35.8 Å². The molecule has 0 fully saturated rings. The normalized spacial score (nSPS) is 11.8. The lowest BCUT2D eigenvalue weighted by Crippen LogP contribution is -2.26. The molecule has 2 aromatic rings. The number of hydrogen-bond acceptors (Lipinski definition) is 5. The van der Waals surface area contributed by atoms with E-state index in [0.717, 1.165) is 21.3 Å². The summed E-state index contributed by atoms with van der Waals surface area (Å²) in [7, 11) is -2.28. The maximum atomic E-state index is 12.4. The molecule has 21 heavy (non-hydrogen) atoms. The average Bonchev–Trinajstić information content (AvgIpc) is 2.89. The van der Waals surface area contributed by atoms with Crippen molar-refractivity contribution in [2.75, 3.05) is 7.05 Å². The summed E-state index contributed by atoms with van der Waals surface area (Å²) in [6.45, 7) is 1.96. The van der Waals surface area contributed by atoms with Crippen molar-refractivity contribution >= 4 is 27.3 Å². The largest absolute Gasteiger partial charge is 0.477 e. The van der Waals surface area contributed by atoms with Crippen LogP contribution in [0.1, 0.15) is 21.1 Å². The van der Waals surface area contributed by atoms with E-state index in [0.29, 0.717) is 5.69 Å². The van der Waals surface area contributed by atoms with E-state index in [-0.39, 0.29) is 16.3 Å². The van der Waals surface area contributed by atoms with Crippen molar-refractivity contribution in [1.29, 1.82) is 0 Å². The van der Waals surface area contributed by atoms with Gasteiger partial charge in [-0.2, -0.15) is 4.31 Å². The summed E-state index contributed by atoms with van der Waals surface area (Å²) in [6.07, 6.45) is 0. The van der Waals surface area contributed by atoms with Gasteiger partial charge in [0.15, 0.2) is 0 Å². The van der Waals surface area contributed by atoms with Gasteiger partial charge in [0.2, 0.25) is 10.0 Å². The number of carboxylic acids is 1. The minimum absolute atomic E-state index is 0.00402. The number of aromatic carboxylic acids is 1. The first-order valence-electron chi connectivity index (χ1n) is 6.01. The first-order valence-corrected chi connectivity index (χ1v) is 8.33. The maximum Gasteiger partial charge on any atom is 0.345 e. The molecule has 0 atom stereocenters. The summed E-state index contributed by atoms with van der Waals surface area (Å²) in [5.74, 6) is -1.13. The zero-order chi connectivity index (χ0) is 15.6. The van der Waals surface area contributed by atoms with Gasteiger partial charge in [0, 0.05) is 18.1 Å². The van der Waals surface area contributed by atoms with Crippen molar-refractivity contribution in [2.24, 2.45) is 0 Å². The second-order valence-electron chi connectivity index (χ2n) is 4.48. The summed E-state index contributed by atoms with van der Waals surface area (Å²) >= 11 is 0.890. The fourth-order valence-electron chi connectivity index (χ4n) is 1.75. The second-order valence-corrected chi connectivity index (χ2v) is 7.44. The minimum Gasteiger partial charge on any atom is -0.477 e. The zero-order valence-corrected chi connectivity index (χ0v) is 13.1. The number of rotatable bonds is 5. The number of carbonyl (C=O) groups is 1. The average molecular weight is 326 g/mol. The van der Waals surface area contributed by atoms with Crippen LogP contribution in [0, 0.1) is 6.92 Å². The molecule has 2 aromatic heterocycles. The highest BCUT2D eigenvalue weighted by molar-refractivity contribution is 7.89. The number of thiophene rings is 1. The summed E-state index contributed by atoms with van der Waals surface area (Å²) in [6, 6.07) is 6.55. The molecule has 112 valence electrons. The molecule has 2 rings (SSSR count). The molecule has 0 spiro atoms. The number of hydrogen-bond donors (Lipinski definition) is 1. The zero-order valence-electron chi connectivity index (χ0n) is 11.5. The quantitative estimate of drug-likeness (QED) is 0.907. The van der Waals surface area contributed by atoms with Gasteiger partial charge in [0.25, 0.3) is 0 Å². The predicted octanol–water partition coefficient (Wildman–Crippen LogP) is 1.97. The lowest BCUT2D eigenvalue weighted by Gasteiger charge is -2.16. The van der Waals surface area contributed by atoms with Crippen molar-refractivity contribution in [3.8, 4) is 0 Å². The van der Waals surface area contributed by atoms with Crippen LogP contribution >= 0.6 is 11.3 Å². The lowest BCUT2D eigenvalue weighted by atomic mass is 10.3. The molecule has 0 saturated heterocycles. The Bertz CT molecular complexity index is 768. The summed E-state index contributed by atoms with van der Waals surface area (Å²) in [4.78, 5) is 15.1. The number of aromatic nitrogens is 1. The SMILES string of the molecule is Cc1cccc(CN(C)S(=O)(=O)c2csc(C(=O)O)c2)n1. The van der Waals surface area contributed by atoms with Gasteiger partial charge in [0.05, 0.1) is 17.1 Å². The molecule has 8 heteroatoms. The number of nitrogens with zero attached hydrogens (tertiary/aromatic N) is 2. The monoisotopic (exact) mass is 326 g/mol. The Morgan fingerprint density at radius 1 is 1.43 bits per heavy atom. The Morgan fingerprint density at radius 3 is 2.71 bits per heavy atom. The van der Waals surface area contributed by atoms with Crippen molar-refractivity contribution in [1.82, 2.24) is 9.29 Å². The van der Waals surface area contributed by atoms with E-state index >= 15 is 0 Å². The van der Waals surface area contributed by atoms with Gasteiger partial charge in [-0.25, -0.2) is 13.2 Å². The van der Waals surface area contributed by atoms with Crippen LogP contribution in [0.2, 0.25) is 0 Å². The first kappa shape index (κ1) is 15.6. The summed E-state index contributed by atoms with van der Waals surface area (Å²) in [5.41, 5.74) is 1.44. The molecule has 0 unspecified atom stereocenters. The predicted molar refractivity (Wildman–Crippen MR) is 78.9 cm³/mol. The summed E-state index contributed by atoms with van der Waals surface area (Å²) in [5, 5.41) is 10.2. The van der Waals surface area contributed by atoms with Gasteiger partial charge in [-0.05, 0) is 25.1 Å². The van der Waals surface area contributed by atoms with Crippen LogP contribution in [0.4, 0.5) is 0 Å². The molecule has 0 aliphatic carbocycles. The third-order valence-electron chi connectivity index (χ3n) is 2.83. The highest BCUT2D eigenvalue weighted by Crippen LogP contribution is 2.22. The van der Waals surface area contributed by atoms with E-state index < -0.39 is 16.0 Å². The molecule has 0 saturated carbocycles. The fourth-order valence-corrected chi connectivity index (χ4v) is 3.99. The third-order valence-corrected chi connectivity index (χ3v) is 5.67. The second kappa shape index (κ2) is 5.92. The summed E-state index contributed by atoms with van der Waals surface area (Å²) < 4.78 is 25.9. The van der Waals surface area contributed by atoms with Crippen LogP contribution in [-0.2, 0) is 16.6 Å². The molecule has 0 aromatic carbocycles. The highest BCUT2D eigenvalue weighted by atomic mass is 32.2. The molecule has 6 nitrogen and oxygen atoms in total. The van der Waals surface area contributed by atoms with E-state index in [1.165, 1.54) is 18.5 Å². The van der Waals surface area contributed by atoms with Crippen molar-refractivity contribution in [3.63, 3.8) is 0 Å². The molecule has 0 amide bonds. The molecular weight excluding hydrogens is 312 g/mol. The highest BCUT2D eigenvalue weighted by Gasteiger charge is 2.24. The molecule has 0 radical (unpaired) electrons. The van der Waals surface area contributed by atoms with Gasteiger partial charge < -0.3 is 5.11 Å². The Balaban J connectivity index is 2.23. The van der Waals surface area contributed by atoms with Gasteiger partial charge in [-0.1, -0.05) is 6.07 Å². The van der Waals surface area contributed by atoms with Gasteiger partial charge in [-0.15, -0.1) is 11.3 Å². The van der Waals surface area contributed by atoms with E-state index in [1.807, 2.05) is 19.1 Å².